The van der Waals surface area contributed by atoms with E-state index in [0.29, 0.717) is 11.1 Å². The topological polar surface area (TPSA) is 37.3 Å². The van der Waals surface area contributed by atoms with Gasteiger partial charge in [-0.25, -0.2) is 9.18 Å². The Hall–Kier alpha value is -1.94. The quantitative estimate of drug-likeness (QED) is 0.845. The minimum Gasteiger partial charge on any atom is -0.478 e. The number of hydrogen-bond donors (Lipinski definition) is 1. The summed E-state index contributed by atoms with van der Waals surface area (Å²) >= 11 is 1.45. The summed E-state index contributed by atoms with van der Waals surface area (Å²) in [4.78, 5) is 11.6. The van der Waals surface area contributed by atoms with Crippen LogP contribution in [0, 0.1) is 5.82 Å². The van der Waals surface area contributed by atoms with Crippen molar-refractivity contribution >= 4 is 22.9 Å². The lowest BCUT2D eigenvalue weighted by Gasteiger charge is -2.04. The van der Waals surface area contributed by atoms with Gasteiger partial charge in [-0.05, 0) is 29.1 Å². The van der Waals surface area contributed by atoms with E-state index < -0.39 is 5.97 Å². The zero-order chi connectivity index (χ0) is 12.3. The molecule has 0 saturated heterocycles. The summed E-state index contributed by atoms with van der Waals surface area (Å²) in [5.74, 6) is -1.35. The molecule has 0 aliphatic carbocycles. The third-order valence-corrected chi connectivity index (χ3v) is 3.11. The van der Waals surface area contributed by atoms with Crippen LogP contribution in [0.3, 0.4) is 0 Å². The first-order valence-electron chi connectivity index (χ1n) is 4.91. The summed E-state index contributed by atoms with van der Waals surface area (Å²) in [6, 6.07) is 9.47. The minimum absolute atomic E-state index is 0.338. The number of halogens is 1. The molecule has 0 radical (unpaired) electrons. The number of carboxylic acid groups (broad SMARTS) is 1. The van der Waals surface area contributed by atoms with Crippen molar-refractivity contribution in [2.24, 2.45) is 0 Å². The van der Waals surface area contributed by atoms with Gasteiger partial charge in [-0.3, -0.25) is 0 Å². The van der Waals surface area contributed by atoms with E-state index in [9.17, 15) is 9.18 Å². The molecule has 2 rings (SSSR count). The first kappa shape index (κ1) is 11.5. The van der Waals surface area contributed by atoms with Crippen molar-refractivity contribution in [3.05, 3.63) is 64.1 Å². The molecule has 1 heterocycles. The molecule has 0 atom stereocenters. The highest BCUT2D eigenvalue weighted by Gasteiger charge is 2.08. The van der Waals surface area contributed by atoms with Crippen molar-refractivity contribution in [2.45, 2.75) is 0 Å². The van der Waals surface area contributed by atoms with E-state index in [1.54, 1.807) is 12.1 Å². The Balaban J connectivity index is 2.48. The van der Waals surface area contributed by atoms with Crippen molar-refractivity contribution in [3.63, 3.8) is 0 Å². The van der Waals surface area contributed by atoms with Gasteiger partial charge in [0.1, 0.15) is 5.82 Å². The lowest BCUT2D eigenvalue weighted by Crippen LogP contribution is -1.93. The summed E-state index contributed by atoms with van der Waals surface area (Å²) in [5.41, 5.74) is 1.28. The average molecular weight is 248 g/mol. The number of aliphatic carboxylic acids is 1. The summed E-state index contributed by atoms with van der Waals surface area (Å²) in [5, 5.41) is 10.7. The molecule has 1 aromatic carbocycles. The zero-order valence-electron chi connectivity index (χ0n) is 8.76. The van der Waals surface area contributed by atoms with Crippen LogP contribution in [0.2, 0.25) is 0 Å². The molecule has 0 aliphatic heterocycles. The molecule has 86 valence electrons. The van der Waals surface area contributed by atoms with E-state index >= 15 is 0 Å². The van der Waals surface area contributed by atoms with Crippen molar-refractivity contribution in [1.29, 1.82) is 0 Å². The number of rotatable bonds is 3. The fourth-order valence-corrected chi connectivity index (χ4v) is 2.25. The Labute approximate surface area is 102 Å². The van der Waals surface area contributed by atoms with Gasteiger partial charge in [0.2, 0.25) is 0 Å². The van der Waals surface area contributed by atoms with Gasteiger partial charge < -0.3 is 5.11 Å². The molecule has 0 aliphatic rings. The molecule has 4 heteroatoms. The van der Waals surface area contributed by atoms with Gasteiger partial charge in [-0.1, -0.05) is 18.2 Å². The lowest BCUT2D eigenvalue weighted by atomic mass is 10.0. The first-order chi connectivity index (χ1) is 8.16. The highest BCUT2D eigenvalue weighted by molar-refractivity contribution is 7.11. The minimum atomic E-state index is -1.02. The summed E-state index contributed by atoms with van der Waals surface area (Å²) < 4.78 is 12.8. The van der Waals surface area contributed by atoms with Crippen molar-refractivity contribution < 1.29 is 14.3 Å². The van der Waals surface area contributed by atoms with Crippen LogP contribution in [0.5, 0.6) is 0 Å². The molecule has 2 nitrogen and oxygen atoms in total. The van der Waals surface area contributed by atoms with E-state index in [2.05, 4.69) is 0 Å². The molecule has 0 saturated carbocycles. The molecule has 1 aromatic heterocycles. The lowest BCUT2D eigenvalue weighted by molar-refractivity contribution is -0.131. The largest absolute Gasteiger partial charge is 0.478 e. The van der Waals surface area contributed by atoms with Gasteiger partial charge in [0.05, 0.1) is 0 Å². The zero-order valence-corrected chi connectivity index (χ0v) is 9.58. The Morgan fingerprint density at radius 1 is 1.24 bits per heavy atom. The Kier molecular flexibility index (Phi) is 3.35. The van der Waals surface area contributed by atoms with Crippen molar-refractivity contribution in [3.8, 4) is 0 Å². The van der Waals surface area contributed by atoms with Crippen LogP contribution in [0.25, 0.3) is 5.57 Å². The molecule has 0 fully saturated rings. The first-order valence-corrected chi connectivity index (χ1v) is 5.79. The highest BCUT2D eigenvalue weighted by atomic mass is 32.1. The molecule has 17 heavy (non-hydrogen) atoms. The number of thiophene rings is 1. The third-order valence-electron chi connectivity index (χ3n) is 2.21. The normalized spacial score (nSPS) is 11.5. The second-order valence-corrected chi connectivity index (χ2v) is 4.33. The van der Waals surface area contributed by atoms with Gasteiger partial charge in [0.15, 0.2) is 0 Å². The summed E-state index contributed by atoms with van der Waals surface area (Å²) in [6.07, 6.45) is 1.14. The predicted molar refractivity (Wildman–Crippen MR) is 65.4 cm³/mol. The van der Waals surface area contributed by atoms with Crippen molar-refractivity contribution in [2.75, 3.05) is 0 Å². The standard InChI is InChI=1S/C13H9FO2S/c14-10-5-3-9(4-6-10)11(8-13(15)16)12-2-1-7-17-12/h1-8H,(H,15,16)/b11-8+. The molecular weight excluding hydrogens is 239 g/mol. The van der Waals surface area contributed by atoms with Crippen molar-refractivity contribution in [1.82, 2.24) is 0 Å². The third kappa shape index (κ3) is 2.79. The molecule has 0 amide bonds. The van der Waals surface area contributed by atoms with Crippen LogP contribution < -0.4 is 0 Å². The smallest absolute Gasteiger partial charge is 0.328 e. The molecular formula is C13H9FO2S. The fraction of sp³-hybridized carbons (Fsp3) is 0. The van der Waals surface area contributed by atoms with E-state index in [0.717, 1.165) is 11.0 Å². The highest BCUT2D eigenvalue weighted by Crippen LogP contribution is 2.27. The van der Waals surface area contributed by atoms with Crippen LogP contribution in [0.1, 0.15) is 10.4 Å². The van der Waals surface area contributed by atoms with Gasteiger partial charge >= 0.3 is 5.97 Å². The van der Waals surface area contributed by atoms with Gasteiger partial charge in [0.25, 0.3) is 0 Å². The molecule has 1 N–H and O–H groups in total. The number of carboxylic acids is 1. The van der Waals surface area contributed by atoms with E-state index in [1.807, 2.05) is 17.5 Å². The maximum absolute atomic E-state index is 12.8. The molecule has 2 aromatic rings. The van der Waals surface area contributed by atoms with E-state index in [-0.39, 0.29) is 5.82 Å². The maximum Gasteiger partial charge on any atom is 0.328 e. The van der Waals surface area contributed by atoms with Crippen LogP contribution in [0.4, 0.5) is 4.39 Å². The molecule has 0 unspecified atom stereocenters. The SMILES string of the molecule is O=C(O)/C=C(\c1ccc(F)cc1)c1cccs1. The second-order valence-electron chi connectivity index (χ2n) is 3.38. The van der Waals surface area contributed by atoms with Crippen LogP contribution in [-0.2, 0) is 4.79 Å². The van der Waals surface area contributed by atoms with Crippen LogP contribution in [-0.4, -0.2) is 11.1 Å². The maximum atomic E-state index is 12.8. The molecule has 0 bridgehead atoms. The Bertz CT molecular complexity index is 541. The van der Waals surface area contributed by atoms with E-state index in [1.165, 1.54) is 23.5 Å². The average Bonchev–Trinajstić information content (AvgIpc) is 2.80. The van der Waals surface area contributed by atoms with Gasteiger partial charge in [-0.2, -0.15) is 0 Å². The Morgan fingerprint density at radius 2 is 1.94 bits per heavy atom. The fourth-order valence-electron chi connectivity index (χ4n) is 1.48. The Morgan fingerprint density at radius 3 is 2.47 bits per heavy atom. The second kappa shape index (κ2) is 4.93. The van der Waals surface area contributed by atoms with Crippen LogP contribution >= 0.6 is 11.3 Å². The number of benzene rings is 1. The van der Waals surface area contributed by atoms with E-state index in [4.69, 9.17) is 5.11 Å². The summed E-state index contributed by atoms with van der Waals surface area (Å²) in [7, 11) is 0. The van der Waals surface area contributed by atoms with Crippen LogP contribution in [0.15, 0.2) is 47.9 Å². The monoisotopic (exact) mass is 248 g/mol. The summed E-state index contributed by atoms with van der Waals surface area (Å²) in [6.45, 7) is 0. The van der Waals surface area contributed by atoms with Gasteiger partial charge in [-0.15, -0.1) is 11.3 Å². The predicted octanol–water partition coefficient (Wildman–Crippen LogP) is 3.40. The number of hydrogen-bond acceptors (Lipinski definition) is 2. The van der Waals surface area contributed by atoms with Gasteiger partial charge in [0, 0.05) is 16.5 Å². The number of carbonyl (C=O) groups is 1. The molecule has 0 spiro atoms.